The van der Waals surface area contributed by atoms with Gasteiger partial charge in [0.1, 0.15) is 11.4 Å². The van der Waals surface area contributed by atoms with Crippen LogP contribution in [-0.2, 0) is 4.74 Å². The lowest BCUT2D eigenvalue weighted by Crippen LogP contribution is -2.50. The summed E-state index contributed by atoms with van der Waals surface area (Å²) in [7, 11) is 0. The van der Waals surface area contributed by atoms with Crippen molar-refractivity contribution in [2.75, 3.05) is 49.2 Å². The Balaban J connectivity index is 1.95. The number of morpholine rings is 1. The molecule has 2 aliphatic heterocycles. The molecule has 3 rings (SSSR count). The number of aromatic nitrogens is 1. The molecule has 0 aliphatic carbocycles. The molecule has 1 N–H and O–H groups in total. The van der Waals surface area contributed by atoms with Crippen molar-refractivity contribution in [2.24, 2.45) is 0 Å². The molecular weight excluding hydrogens is 316 g/mol. The molecule has 0 saturated carbocycles. The first-order valence-corrected chi connectivity index (χ1v) is 9.36. The van der Waals surface area contributed by atoms with Gasteiger partial charge in [0.05, 0.1) is 13.2 Å². The second kappa shape index (κ2) is 7.38. The van der Waals surface area contributed by atoms with E-state index in [9.17, 15) is 0 Å². The molecule has 0 bridgehead atoms. The SMILES string of the molecule is CC1CNCCN1c1cc(N2CCOC[C@H]2C)cc(OC(C)(C)C)n1. The Morgan fingerprint density at radius 1 is 1.16 bits per heavy atom. The molecule has 6 heteroatoms. The number of ether oxygens (including phenoxy) is 2. The molecule has 0 radical (unpaired) electrons. The van der Waals surface area contributed by atoms with Crippen LogP contribution in [0, 0.1) is 0 Å². The molecule has 2 fully saturated rings. The fourth-order valence-corrected chi connectivity index (χ4v) is 3.45. The maximum absolute atomic E-state index is 6.12. The molecule has 2 atom stereocenters. The number of anilines is 2. The third-order valence-corrected chi connectivity index (χ3v) is 4.68. The third kappa shape index (κ3) is 4.55. The van der Waals surface area contributed by atoms with E-state index in [-0.39, 0.29) is 5.60 Å². The van der Waals surface area contributed by atoms with E-state index in [0.29, 0.717) is 18.0 Å². The Hall–Kier alpha value is -1.53. The Bertz CT molecular complexity index is 547. The quantitative estimate of drug-likeness (QED) is 0.904. The summed E-state index contributed by atoms with van der Waals surface area (Å²) in [4.78, 5) is 9.61. The summed E-state index contributed by atoms with van der Waals surface area (Å²) in [5.41, 5.74) is 0.903. The van der Waals surface area contributed by atoms with Crippen LogP contribution in [0.5, 0.6) is 5.88 Å². The van der Waals surface area contributed by atoms with Gasteiger partial charge in [0.2, 0.25) is 5.88 Å². The van der Waals surface area contributed by atoms with Gasteiger partial charge in [0, 0.05) is 56.1 Å². The zero-order chi connectivity index (χ0) is 18.0. The van der Waals surface area contributed by atoms with Gasteiger partial charge in [-0.25, -0.2) is 0 Å². The van der Waals surface area contributed by atoms with Crippen molar-refractivity contribution in [3.05, 3.63) is 12.1 Å². The fraction of sp³-hybridized carbons (Fsp3) is 0.737. The highest BCUT2D eigenvalue weighted by molar-refractivity contribution is 5.59. The average Bonchev–Trinajstić information content (AvgIpc) is 2.54. The number of nitrogens with one attached hydrogen (secondary N) is 1. The second-order valence-corrected chi connectivity index (χ2v) is 8.10. The van der Waals surface area contributed by atoms with E-state index >= 15 is 0 Å². The molecular formula is C19H32N4O2. The largest absolute Gasteiger partial charge is 0.472 e. The summed E-state index contributed by atoms with van der Waals surface area (Å²) < 4.78 is 11.7. The van der Waals surface area contributed by atoms with E-state index in [4.69, 9.17) is 14.5 Å². The Kier molecular flexibility index (Phi) is 5.39. The van der Waals surface area contributed by atoms with Gasteiger partial charge >= 0.3 is 0 Å². The van der Waals surface area contributed by atoms with Gasteiger partial charge in [-0.2, -0.15) is 4.98 Å². The Morgan fingerprint density at radius 2 is 1.96 bits per heavy atom. The number of hydrogen-bond donors (Lipinski definition) is 1. The van der Waals surface area contributed by atoms with Gasteiger partial charge in [-0.05, 0) is 34.6 Å². The van der Waals surface area contributed by atoms with E-state index in [1.165, 1.54) is 5.69 Å². The molecule has 0 spiro atoms. The van der Waals surface area contributed by atoms with E-state index in [1.807, 2.05) is 0 Å². The molecule has 1 aromatic heterocycles. The Labute approximate surface area is 151 Å². The van der Waals surface area contributed by atoms with Crippen molar-refractivity contribution in [1.29, 1.82) is 0 Å². The van der Waals surface area contributed by atoms with Gasteiger partial charge < -0.3 is 24.6 Å². The summed E-state index contributed by atoms with van der Waals surface area (Å²) in [6.07, 6.45) is 0. The lowest BCUT2D eigenvalue weighted by molar-refractivity contribution is 0.0986. The highest BCUT2D eigenvalue weighted by Crippen LogP contribution is 2.31. The highest BCUT2D eigenvalue weighted by atomic mass is 16.5. The third-order valence-electron chi connectivity index (χ3n) is 4.68. The monoisotopic (exact) mass is 348 g/mol. The van der Waals surface area contributed by atoms with Crippen molar-refractivity contribution < 1.29 is 9.47 Å². The summed E-state index contributed by atoms with van der Waals surface area (Å²) in [6, 6.07) is 5.05. The van der Waals surface area contributed by atoms with Gasteiger partial charge in [-0.3, -0.25) is 0 Å². The zero-order valence-corrected chi connectivity index (χ0v) is 16.2. The molecule has 140 valence electrons. The second-order valence-electron chi connectivity index (χ2n) is 8.10. The molecule has 0 aromatic carbocycles. The lowest BCUT2D eigenvalue weighted by Gasteiger charge is -2.38. The van der Waals surface area contributed by atoms with E-state index in [1.54, 1.807) is 0 Å². The summed E-state index contributed by atoms with van der Waals surface area (Å²) in [5, 5.41) is 3.44. The van der Waals surface area contributed by atoms with Crippen LogP contribution in [0.15, 0.2) is 12.1 Å². The van der Waals surface area contributed by atoms with Crippen molar-refractivity contribution in [2.45, 2.75) is 52.3 Å². The first kappa shape index (κ1) is 18.3. The van der Waals surface area contributed by atoms with Crippen molar-refractivity contribution in [3.63, 3.8) is 0 Å². The molecule has 25 heavy (non-hydrogen) atoms. The molecule has 2 saturated heterocycles. The van der Waals surface area contributed by atoms with Crippen molar-refractivity contribution in [1.82, 2.24) is 10.3 Å². The van der Waals surface area contributed by atoms with Crippen molar-refractivity contribution >= 4 is 11.5 Å². The van der Waals surface area contributed by atoms with Crippen LogP contribution in [0.3, 0.4) is 0 Å². The van der Waals surface area contributed by atoms with Crippen molar-refractivity contribution in [3.8, 4) is 5.88 Å². The van der Waals surface area contributed by atoms with Gasteiger partial charge in [0.25, 0.3) is 0 Å². The molecule has 3 heterocycles. The van der Waals surface area contributed by atoms with Crippen LogP contribution in [-0.4, -0.2) is 62.1 Å². The minimum atomic E-state index is -0.269. The maximum atomic E-state index is 6.12. The zero-order valence-electron chi connectivity index (χ0n) is 16.2. The van der Waals surface area contributed by atoms with E-state index in [2.05, 4.69) is 61.9 Å². The summed E-state index contributed by atoms with van der Waals surface area (Å²) in [6.45, 7) is 16.0. The van der Waals surface area contributed by atoms with Crippen LogP contribution >= 0.6 is 0 Å². The number of piperazine rings is 1. The molecule has 0 amide bonds. The van der Waals surface area contributed by atoms with Crippen LogP contribution in [0.25, 0.3) is 0 Å². The first-order valence-electron chi connectivity index (χ1n) is 9.36. The number of rotatable bonds is 3. The molecule has 2 aliphatic rings. The normalized spacial score (nSPS) is 25.2. The fourth-order valence-electron chi connectivity index (χ4n) is 3.45. The minimum Gasteiger partial charge on any atom is -0.472 e. The average molecular weight is 348 g/mol. The number of pyridine rings is 1. The van der Waals surface area contributed by atoms with Crippen LogP contribution in [0.4, 0.5) is 11.5 Å². The van der Waals surface area contributed by atoms with Crippen LogP contribution in [0.2, 0.25) is 0 Å². The van der Waals surface area contributed by atoms with Crippen LogP contribution < -0.4 is 19.9 Å². The Morgan fingerprint density at radius 3 is 2.64 bits per heavy atom. The van der Waals surface area contributed by atoms with Gasteiger partial charge in [-0.1, -0.05) is 0 Å². The summed E-state index contributed by atoms with van der Waals surface area (Å²) >= 11 is 0. The number of nitrogens with zero attached hydrogens (tertiary/aromatic N) is 3. The standard InChI is InChI=1S/C19H32N4O2/c1-14-12-20-6-7-23(14)17-10-16(22-8-9-24-13-15(22)2)11-18(21-17)25-19(3,4)5/h10-11,14-15,20H,6-9,12-13H2,1-5H3/t14?,15-/m1/s1. The predicted molar refractivity (Wildman–Crippen MR) is 102 cm³/mol. The van der Waals surface area contributed by atoms with Crippen LogP contribution in [0.1, 0.15) is 34.6 Å². The first-order chi connectivity index (χ1) is 11.8. The topological polar surface area (TPSA) is 49.9 Å². The predicted octanol–water partition coefficient (Wildman–Crippen LogP) is 2.28. The minimum absolute atomic E-state index is 0.269. The van der Waals surface area contributed by atoms with E-state index < -0.39 is 0 Å². The molecule has 1 aromatic rings. The highest BCUT2D eigenvalue weighted by Gasteiger charge is 2.25. The van der Waals surface area contributed by atoms with E-state index in [0.717, 1.165) is 45.2 Å². The number of hydrogen-bond acceptors (Lipinski definition) is 6. The van der Waals surface area contributed by atoms with Gasteiger partial charge in [0.15, 0.2) is 0 Å². The molecule has 6 nitrogen and oxygen atoms in total. The lowest BCUT2D eigenvalue weighted by atomic mass is 10.1. The summed E-state index contributed by atoms with van der Waals surface area (Å²) in [5.74, 6) is 1.70. The molecule has 1 unspecified atom stereocenters. The maximum Gasteiger partial charge on any atom is 0.217 e. The van der Waals surface area contributed by atoms with Gasteiger partial charge in [-0.15, -0.1) is 0 Å². The smallest absolute Gasteiger partial charge is 0.217 e.